The number of hydrogen-bond acceptors (Lipinski definition) is 4. The van der Waals surface area contributed by atoms with Gasteiger partial charge in [-0.25, -0.2) is 9.67 Å². The standard InChI is InChI=1S/C20H12F3N5O/c21-20(22,23)15-5-2-6-16(8-15)28-18-17(10-26-28)19(29)27(12-25-18)11-14-4-1-3-13(7-14)9-24/h1-8,10,12H,11H2. The van der Waals surface area contributed by atoms with Crippen LogP contribution in [0, 0.1) is 11.3 Å². The molecule has 0 aliphatic carbocycles. The first-order chi connectivity index (χ1) is 13.9. The van der Waals surface area contributed by atoms with Gasteiger partial charge in [0.2, 0.25) is 0 Å². The molecule has 0 saturated heterocycles. The fourth-order valence-corrected chi connectivity index (χ4v) is 3.00. The van der Waals surface area contributed by atoms with E-state index in [0.717, 1.165) is 17.7 Å². The molecule has 0 unspecified atom stereocenters. The van der Waals surface area contributed by atoms with Gasteiger partial charge in [-0.3, -0.25) is 9.36 Å². The van der Waals surface area contributed by atoms with Crippen molar-refractivity contribution in [3.63, 3.8) is 0 Å². The molecular weight excluding hydrogens is 383 g/mol. The number of benzene rings is 2. The van der Waals surface area contributed by atoms with Crippen LogP contribution in [0.1, 0.15) is 16.7 Å². The molecule has 144 valence electrons. The van der Waals surface area contributed by atoms with Crippen molar-refractivity contribution in [2.75, 3.05) is 0 Å². The lowest BCUT2D eigenvalue weighted by Gasteiger charge is -2.09. The van der Waals surface area contributed by atoms with Gasteiger partial charge in [0, 0.05) is 0 Å². The average molecular weight is 395 g/mol. The van der Waals surface area contributed by atoms with Gasteiger partial charge < -0.3 is 0 Å². The summed E-state index contributed by atoms with van der Waals surface area (Å²) in [5, 5.41) is 13.2. The predicted octanol–water partition coefficient (Wildman–Crippen LogP) is 3.52. The van der Waals surface area contributed by atoms with Gasteiger partial charge in [-0.1, -0.05) is 18.2 Å². The molecule has 2 aromatic heterocycles. The third kappa shape index (κ3) is 3.48. The lowest BCUT2D eigenvalue weighted by atomic mass is 10.1. The van der Waals surface area contributed by atoms with E-state index in [4.69, 9.17) is 5.26 Å². The minimum absolute atomic E-state index is 0.154. The summed E-state index contributed by atoms with van der Waals surface area (Å²) >= 11 is 0. The zero-order valence-electron chi connectivity index (χ0n) is 14.8. The van der Waals surface area contributed by atoms with Crippen molar-refractivity contribution in [2.45, 2.75) is 12.7 Å². The normalized spacial score (nSPS) is 11.5. The van der Waals surface area contributed by atoms with E-state index in [1.54, 1.807) is 24.3 Å². The summed E-state index contributed by atoms with van der Waals surface area (Å²) in [5.41, 5.74) is 0.344. The van der Waals surface area contributed by atoms with E-state index in [0.29, 0.717) is 5.56 Å². The fraction of sp³-hybridized carbons (Fsp3) is 0.100. The summed E-state index contributed by atoms with van der Waals surface area (Å²) in [4.78, 5) is 17.0. The van der Waals surface area contributed by atoms with Gasteiger partial charge in [0.15, 0.2) is 5.65 Å². The number of alkyl halides is 3. The molecule has 29 heavy (non-hydrogen) atoms. The van der Waals surface area contributed by atoms with Crippen molar-refractivity contribution < 1.29 is 13.2 Å². The maximum atomic E-state index is 13.0. The Morgan fingerprint density at radius 3 is 2.66 bits per heavy atom. The van der Waals surface area contributed by atoms with E-state index in [9.17, 15) is 18.0 Å². The van der Waals surface area contributed by atoms with Crippen LogP contribution < -0.4 is 5.56 Å². The van der Waals surface area contributed by atoms with Crippen molar-refractivity contribution >= 4 is 11.0 Å². The molecular formula is C20H12F3N5O. The quantitative estimate of drug-likeness (QED) is 0.532. The van der Waals surface area contributed by atoms with Gasteiger partial charge in [-0.05, 0) is 35.9 Å². The first kappa shape index (κ1) is 18.4. The highest BCUT2D eigenvalue weighted by molar-refractivity contribution is 5.75. The monoisotopic (exact) mass is 395 g/mol. The van der Waals surface area contributed by atoms with Crippen molar-refractivity contribution in [3.05, 3.63) is 88.1 Å². The first-order valence-electron chi connectivity index (χ1n) is 8.46. The number of aromatic nitrogens is 4. The predicted molar refractivity (Wildman–Crippen MR) is 98.4 cm³/mol. The Hall–Kier alpha value is -3.93. The van der Waals surface area contributed by atoms with Gasteiger partial charge in [0.05, 0.1) is 35.6 Å². The number of fused-ring (bicyclic) bond motifs is 1. The highest BCUT2D eigenvalue weighted by atomic mass is 19.4. The summed E-state index contributed by atoms with van der Waals surface area (Å²) in [6.45, 7) is 0.200. The van der Waals surface area contributed by atoms with Crippen LogP contribution in [0.5, 0.6) is 0 Å². The highest BCUT2D eigenvalue weighted by Crippen LogP contribution is 2.30. The molecule has 2 heterocycles. The second-order valence-electron chi connectivity index (χ2n) is 6.33. The zero-order valence-corrected chi connectivity index (χ0v) is 14.8. The summed E-state index contributed by atoms with van der Waals surface area (Å²) < 4.78 is 41.5. The average Bonchev–Trinajstić information content (AvgIpc) is 3.15. The summed E-state index contributed by atoms with van der Waals surface area (Å²) in [7, 11) is 0. The Balaban J connectivity index is 1.75. The molecule has 0 N–H and O–H groups in total. The van der Waals surface area contributed by atoms with E-state index in [-0.39, 0.29) is 28.8 Å². The van der Waals surface area contributed by atoms with E-state index in [1.807, 2.05) is 6.07 Å². The van der Waals surface area contributed by atoms with Crippen LogP contribution in [0.3, 0.4) is 0 Å². The molecule has 0 radical (unpaired) electrons. The van der Waals surface area contributed by atoms with Gasteiger partial charge in [0.1, 0.15) is 11.7 Å². The number of hydrogen-bond donors (Lipinski definition) is 0. The topological polar surface area (TPSA) is 76.5 Å². The minimum Gasteiger partial charge on any atom is -0.294 e. The Morgan fingerprint density at radius 2 is 1.90 bits per heavy atom. The van der Waals surface area contributed by atoms with E-state index in [1.165, 1.54) is 33.9 Å². The molecule has 6 nitrogen and oxygen atoms in total. The Morgan fingerprint density at radius 1 is 1.10 bits per heavy atom. The summed E-state index contributed by atoms with van der Waals surface area (Å²) in [6, 6.07) is 13.5. The molecule has 0 spiro atoms. The van der Waals surface area contributed by atoms with Crippen LogP contribution in [-0.4, -0.2) is 19.3 Å². The van der Waals surface area contributed by atoms with E-state index < -0.39 is 11.7 Å². The summed E-state index contributed by atoms with van der Waals surface area (Å²) in [6.07, 6.45) is -1.89. The van der Waals surface area contributed by atoms with E-state index in [2.05, 4.69) is 10.1 Å². The van der Waals surface area contributed by atoms with Gasteiger partial charge in [-0.15, -0.1) is 0 Å². The first-order valence-corrected chi connectivity index (χ1v) is 8.46. The zero-order chi connectivity index (χ0) is 20.6. The maximum Gasteiger partial charge on any atom is 0.416 e. The van der Waals surface area contributed by atoms with Crippen LogP contribution in [0.25, 0.3) is 16.7 Å². The molecule has 0 atom stereocenters. The van der Waals surface area contributed by atoms with Crippen molar-refractivity contribution in [2.24, 2.45) is 0 Å². The molecule has 0 bridgehead atoms. The SMILES string of the molecule is N#Cc1cccc(Cn2cnc3c(cnn3-c3cccc(C(F)(F)F)c3)c2=O)c1. The fourth-order valence-electron chi connectivity index (χ4n) is 3.00. The number of rotatable bonds is 3. The lowest BCUT2D eigenvalue weighted by Crippen LogP contribution is -2.21. The van der Waals surface area contributed by atoms with Crippen LogP contribution in [0.2, 0.25) is 0 Å². The molecule has 4 aromatic rings. The molecule has 0 fully saturated rings. The van der Waals surface area contributed by atoms with Gasteiger partial charge in [0.25, 0.3) is 5.56 Å². The third-order valence-electron chi connectivity index (χ3n) is 4.38. The maximum absolute atomic E-state index is 13.0. The number of nitriles is 1. The van der Waals surface area contributed by atoms with Crippen LogP contribution in [-0.2, 0) is 12.7 Å². The van der Waals surface area contributed by atoms with Crippen LogP contribution in [0.15, 0.2) is 65.8 Å². The van der Waals surface area contributed by atoms with Crippen molar-refractivity contribution in [1.82, 2.24) is 19.3 Å². The summed E-state index contributed by atoms with van der Waals surface area (Å²) in [5.74, 6) is 0. The molecule has 0 saturated carbocycles. The molecule has 9 heteroatoms. The Bertz CT molecular complexity index is 1310. The van der Waals surface area contributed by atoms with Gasteiger partial charge >= 0.3 is 6.18 Å². The molecule has 0 amide bonds. The van der Waals surface area contributed by atoms with Crippen molar-refractivity contribution in [1.29, 1.82) is 5.26 Å². The lowest BCUT2D eigenvalue weighted by molar-refractivity contribution is -0.137. The molecule has 0 aliphatic rings. The Kier molecular flexibility index (Phi) is 4.39. The van der Waals surface area contributed by atoms with Gasteiger partial charge in [-0.2, -0.15) is 23.5 Å². The minimum atomic E-state index is -4.49. The van der Waals surface area contributed by atoms with E-state index >= 15 is 0 Å². The largest absolute Gasteiger partial charge is 0.416 e. The number of halogens is 3. The molecule has 2 aromatic carbocycles. The Labute approximate surface area is 162 Å². The highest BCUT2D eigenvalue weighted by Gasteiger charge is 2.30. The molecule has 0 aliphatic heterocycles. The van der Waals surface area contributed by atoms with Crippen molar-refractivity contribution in [3.8, 4) is 11.8 Å². The molecule has 4 rings (SSSR count). The smallest absolute Gasteiger partial charge is 0.294 e. The second-order valence-corrected chi connectivity index (χ2v) is 6.33. The second kappa shape index (κ2) is 6.91. The third-order valence-corrected chi connectivity index (χ3v) is 4.38. The van der Waals surface area contributed by atoms with Crippen LogP contribution >= 0.6 is 0 Å². The van der Waals surface area contributed by atoms with Crippen LogP contribution in [0.4, 0.5) is 13.2 Å². The number of nitrogens with zero attached hydrogens (tertiary/aromatic N) is 5.